The fourth-order valence-electron chi connectivity index (χ4n) is 4.74. The minimum atomic E-state index is -4.08. The highest BCUT2D eigenvalue weighted by molar-refractivity contribution is 7.92. The molecule has 8 heteroatoms. The van der Waals surface area contributed by atoms with E-state index in [0.717, 1.165) is 39.4 Å². The molecule has 3 aromatic carbocycles. The number of sulfonamides is 1. The summed E-state index contributed by atoms with van der Waals surface area (Å²) < 4.78 is 29.1. The molecule has 0 aromatic heterocycles. The smallest absolute Gasteiger partial charge is 0.264 e. The van der Waals surface area contributed by atoms with Gasteiger partial charge < -0.3 is 10.2 Å². The molecule has 214 valence electrons. The molecule has 0 aliphatic rings. The maximum Gasteiger partial charge on any atom is 0.264 e. The summed E-state index contributed by atoms with van der Waals surface area (Å²) in [5.74, 6) is -0.679. The summed E-state index contributed by atoms with van der Waals surface area (Å²) in [5, 5.41) is 2.96. The van der Waals surface area contributed by atoms with E-state index in [2.05, 4.69) is 5.32 Å². The molecule has 3 aromatic rings. The second-order valence-electron chi connectivity index (χ2n) is 10.2. The van der Waals surface area contributed by atoms with E-state index in [1.54, 1.807) is 30.3 Å². The van der Waals surface area contributed by atoms with Gasteiger partial charge in [0.25, 0.3) is 10.0 Å². The van der Waals surface area contributed by atoms with E-state index in [1.807, 2.05) is 65.0 Å². The lowest BCUT2D eigenvalue weighted by molar-refractivity contribution is -0.140. The van der Waals surface area contributed by atoms with Crippen molar-refractivity contribution in [3.8, 4) is 0 Å². The largest absolute Gasteiger partial charge is 0.354 e. The third-order valence-corrected chi connectivity index (χ3v) is 8.71. The minimum Gasteiger partial charge on any atom is -0.354 e. The van der Waals surface area contributed by atoms with Gasteiger partial charge in [-0.1, -0.05) is 68.8 Å². The number of hydrogen-bond donors (Lipinski definition) is 1. The Morgan fingerprint density at radius 2 is 1.50 bits per heavy atom. The molecule has 0 heterocycles. The Hall–Kier alpha value is -3.65. The van der Waals surface area contributed by atoms with Crippen molar-refractivity contribution >= 4 is 27.5 Å². The summed E-state index contributed by atoms with van der Waals surface area (Å²) >= 11 is 0. The molecule has 0 spiro atoms. The van der Waals surface area contributed by atoms with Crippen LogP contribution in [0.2, 0.25) is 0 Å². The Labute approximate surface area is 239 Å². The molecule has 0 radical (unpaired) electrons. The van der Waals surface area contributed by atoms with Crippen LogP contribution < -0.4 is 9.62 Å². The number of anilines is 1. The second-order valence-corrected chi connectivity index (χ2v) is 12.0. The number of carbonyl (C=O) groups is 2. The molecular formula is C32H41N3O4S. The van der Waals surface area contributed by atoms with Gasteiger partial charge in [-0.25, -0.2) is 8.42 Å². The predicted octanol–water partition coefficient (Wildman–Crippen LogP) is 5.53. The van der Waals surface area contributed by atoms with Gasteiger partial charge in [-0.15, -0.1) is 0 Å². The third-order valence-electron chi connectivity index (χ3n) is 6.92. The van der Waals surface area contributed by atoms with E-state index in [0.29, 0.717) is 18.7 Å². The number of hydrogen-bond acceptors (Lipinski definition) is 4. The van der Waals surface area contributed by atoms with E-state index in [4.69, 9.17) is 0 Å². The summed E-state index contributed by atoms with van der Waals surface area (Å²) in [6, 6.07) is 20.6. The van der Waals surface area contributed by atoms with Crippen LogP contribution in [0, 0.1) is 20.8 Å². The van der Waals surface area contributed by atoms with Crippen LogP contribution in [0.4, 0.5) is 5.69 Å². The zero-order valence-electron chi connectivity index (χ0n) is 24.2. The van der Waals surface area contributed by atoms with Crippen molar-refractivity contribution in [2.24, 2.45) is 0 Å². The van der Waals surface area contributed by atoms with Crippen LogP contribution in [-0.2, 0) is 26.2 Å². The number of nitrogens with one attached hydrogen (secondary N) is 1. The van der Waals surface area contributed by atoms with Gasteiger partial charge in [0, 0.05) is 13.1 Å². The predicted molar refractivity (Wildman–Crippen MR) is 161 cm³/mol. The van der Waals surface area contributed by atoms with E-state index in [-0.39, 0.29) is 17.3 Å². The van der Waals surface area contributed by atoms with Gasteiger partial charge in [0.1, 0.15) is 12.6 Å². The van der Waals surface area contributed by atoms with Crippen molar-refractivity contribution in [2.75, 3.05) is 17.4 Å². The van der Waals surface area contributed by atoms with Crippen LogP contribution in [-0.4, -0.2) is 44.3 Å². The fraction of sp³-hybridized carbons (Fsp3) is 0.375. The number of rotatable bonds is 13. The van der Waals surface area contributed by atoms with Gasteiger partial charge in [-0.05, 0) is 80.1 Å². The van der Waals surface area contributed by atoms with Crippen molar-refractivity contribution in [1.29, 1.82) is 0 Å². The Balaban J connectivity index is 2.07. The van der Waals surface area contributed by atoms with Crippen LogP contribution in [0.1, 0.15) is 55.4 Å². The molecule has 1 N–H and O–H groups in total. The summed E-state index contributed by atoms with van der Waals surface area (Å²) in [5.41, 5.74) is 4.07. The first kappa shape index (κ1) is 30.9. The molecule has 0 saturated carbocycles. The van der Waals surface area contributed by atoms with Crippen LogP contribution in [0.25, 0.3) is 0 Å². The second kappa shape index (κ2) is 14.1. The van der Waals surface area contributed by atoms with Crippen LogP contribution in [0.3, 0.4) is 0 Å². The molecule has 40 heavy (non-hydrogen) atoms. The molecule has 0 fully saturated rings. The Morgan fingerprint density at radius 1 is 0.875 bits per heavy atom. The lowest BCUT2D eigenvalue weighted by Gasteiger charge is -2.33. The van der Waals surface area contributed by atoms with E-state index >= 15 is 0 Å². The highest BCUT2D eigenvalue weighted by Gasteiger charge is 2.33. The van der Waals surface area contributed by atoms with Crippen molar-refractivity contribution < 1.29 is 18.0 Å². The zero-order valence-corrected chi connectivity index (χ0v) is 25.0. The van der Waals surface area contributed by atoms with Gasteiger partial charge in [-0.2, -0.15) is 0 Å². The minimum absolute atomic E-state index is 0.0942. The quantitative estimate of drug-likeness (QED) is 0.277. The lowest BCUT2D eigenvalue weighted by atomic mass is 10.1. The molecule has 0 unspecified atom stereocenters. The number of unbranched alkanes of at least 4 members (excludes halogenated alkanes) is 1. The average Bonchev–Trinajstić information content (AvgIpc) is 2.92. The SMILES string of the molecule is CCCCNC(=O)[C@@H](CC)N(Cc1ccccc1C)C(=O)CN(c1cc(C)cc(C)c1)S(=O)(=O)c1ccccc1. The molecule has 1 atom stereocenters. The Bertz CT molecular complexity index is 1390. The van der Waals surface area contributed by atoms with Crippen molar-refractivity contribution in [3.05, 3.63) is 95.1 Å². The maximum absolute atomic E-state index is 14.2. The molecule has 0 aliphatic carbocycles. The monoisotopic (exact) mass is 563 g/mol. The number of carbonyl (C=O) groups excluding carboxylic acids is 2. The fourth-order valence-corrected chi connectivity index (χ4v) is 6.16. The summed E-state index contributed by atoms with van der Waals surface area (Å²) in [4.78, 5) is 29.1. The zero-order chi connectivity index (χ0) is 29.3. The van der Waals surface area contributed by atoms with Gasteiger partial charge >= 0.3 is 0 Å². The van der Waals surface area contributed by atoms with Gasteiger partial charge in [-0.3, -0.25) is 13.9 Å². The topological polar surface area (TPSA) is 86.8 Å². The highest BCUT2D eigenvalue weighted by Crippen LogP contribution is 2.27. The van der Waals surface area contributed by atoms with E-state index in [1.165, 1.54) is 17.0 Å². The highest BCUT2D eigenvalue weighted by atomic mass is 32.2. The number of amides is 2. The molecular weight excluding hydrogens is 522 g/mol. The summed E-state index contributed by atoms with van der Waals surface area (Å²) in [7, 11) is -4.08. The summed E-state index contributed by atoms with van der Waals surface area (Å²) in [6.07, 6.45) is 2.17. The van der Waals surface area contributed by atoms with Crippen LogP contribution >= 0.6 is 0 Å². The first-order valence-electron chi connectivity index (χ1n) is 13.9. The summed E-state index contributed by atoms with van der Waals surface area (Å²) in [6.45, 7) is 9.93. The van der Waals surface area contributed by atoms with Gasteiger partial charge in [0.15, 0.2) is 0 Å². The van der Waals surface area contributed by atoms with Crippen LogP contribution in [0.5, 0.6) is 0 Å². The molecule has 0 bridgehead atoms. The lowest BCUT2D eigenvalue weighted by Crippen LogP contribution is -2.52. The van der Waals surface area contributed by atoms with Crippen molar-refractivity contribution in [2.45, 2.75) is 71.4 Å². The van der Waals surface area contributed by atoms with Crippen LogP contribution in [0.15, 0.2) is 77.7 Å². The molecule has 3 rings (SSSR count). The van der Waals surface area contributed by atoms with Gasteiger partial charge in [0.2, 0.25) is 11.8 Å². The third kappa shape index (κ3) is 7.72. The standard InChI is InChI=1S/C32H41N3O4S/c1-6-8-18-33-32(37)30(7-2)34(22-27-15-13-12-14-26(27)5)31(36)23-35(28-20-24(3)19-25(4)21-28)40(38,39)29-16-10-9-11-17-29/h9-17,19-21,30H,6-8,18,22-23H2,1-5H3,(H,33,37)/t30-/m1/s1. The molecule has 2 amide bonds. The van der Waals surface area contributed by atoms with E-state index < -0.39 is 28.5 Å². The number of benzene rings is 3. The average molecular weight is 564 g/mol. The maximum atomic E-state index is 14.2. The first-order valence-corrected chi connectivity index (χ1v) is 15.3. The van der Waals surface area contributed by atoms with E-state index in [9.17, 15) is 18.0 Å². The van der Waals surface area contributed by atoms with Crippen molar-refractivity contribution in [1.82, 2.24) is 10.2 Å². The van der Waals surface area contributed by atoms with Crippen molar-refractivity contribution in [3.63, 3.8) is 0 Å². The normalized spacial score (nSPS) is 12.0. The first-order chi connectivity index (χ1) is 19.1. The number of aryl methyl sites for hydroxylation is 3. The molecule has 0 saturated heterocycles. The molecule has 7 nitrogen and oxygen atoms in total. The van der Waals surface area contributed by atoms with Gasteiger partial charge in [0.05, 0.1) is 10.6 Å². The Morgan fingerprint density at radius 3 is 2.10 bits per heavy atom. The molecule has 0 aliphatic heterocycles. The number of nitrogens with zero attached hydrogens (tertiary/aromatic N) is 2. The Kier molecular flexibility index (Phi) is 10.9.